The average Bonchev–Trinajstić information content (AvgIpc) is 2.75. The summed E-state index contributed by atoms with van der Waals surface area (Å²) in [5.74, 6) is 0.416. The molecule has 96 valence electrons. The Labute approximate surface area is 117 Å². The molecule has 1 aromatic heterocycles. The molecule has 0 aliphatic heterocycles. The van der Waals surface area contributed by atoms with E-state index in [1.54, 1.807) is 11.3 Å². The quantitative estimate of drug-likeness (QED) is 0.920. The number of nitrogens with two attached hydrogens (primary N) is 1. The molecule has 0 amide bonds. The molecule has 1 heterocycles. The van der Waals surface area contributed by atoms with Gasteiger partial charge in [0.2, 0.25) is 0 Å². The molecule has 2 aromatic rings. The molecular formula is C14H17ClN2S. The van der Waals surface area contributed by atoms with E-state index in [2.05, 4.69) is 13.8 Å². The highest BCUT2D eigenvalue weighted by Crippen LogP contribution is 2.27. The van der Waals surface area contributed by atoms with Crippen LogP contribution in [0.1, 0.15) is 40.9 Å². The molecule has 0 unspecified atom stereocenters. The van der Waals surface area contributed by atoms with Crippen LogP contribution in [-0.2, 0) is 13.0 Å². The van der Waals surface area contributed by atoms with Gasteiger partial charge in [-0.25, -0.2) is 4.98 Å². The summed E-state index contributed by atoms with van der Waals surface area (Å²) in [5.41, 5.74) is 8.02. The molecule has 0 aliphatic carbocycles. The third-order valence-corrected chi connectivity index (χ3v) is 4.27. The van der Waals surface area contributed by atoms with Crippen molar-refractivity contribution in [1.29, 1.82) is 0 Å². The normalized spacial score (nSPS) is 11.2. The van der Waals surface area contributed by atoms with Crippen LogP contribution in [0, 0.1) is 0 Å². The second-order valence-corrected chi connectivity index (χ2v) is 6.12. The number of hydrogen-bond acceptors (Lipinski definition) is 3. The first-order chi connectivity index (χ1) is 8.61. The van der Waals surface area contributed by atoms with Gasteiger partial charge in [0, 0.05) is 22.9 Å². The van der Waals surface area contributed by atoms with Gasteiger partial charge >= 0.3 is 0 Å². The Kier molecular flexibility index (Phi) is 4.38. The smallest absolute Gasteiger partial charge is 0.0976 e. The predicted octanol–water partition coefficient (Wildman–Crippen LogP) is 3.97. The maximum absolute atomic E-state index is 6.17. The molecular weight excluding hydrogens is 264 g/mol. The minimum atomic E-state index is 0.416. The highest BCUT2D eigenvalue weighted by Gasteiger charge is 2.13. The lowest BCUT2D eigenvalue weighted by Crippen LogP contribution is -1.99. The van der Waals surface area contributed by atoms with Crippen molar-refractivity contribution in [2.75, 3.05) is 0 Å². The van der Waals surface area contributed by atoms with Crippen molar-refractivity contribution >= 4 is 22.9 Å². The number of benzene rings is 1. The Balaban J connectivity index is 2.28. The van der Waals surface area contributed by atoms with Gasteiger partial charge in [-0.15, -0.1) is 11.3 Å². The van der Waals surface area contributed by atoms with Crippen LogP contribution in [0.3, 0.4) is 0 Å². The predicted molar refractivity (Wildman–Crippen MR) is 78.4 cm³/mol. The van der Waals surface area contributed by atoms with Crippen molar-refractivity contribution in [3.05, 3.63) is 50.4 Å². The number of nitrogens with zero attached hydrogens (tertiary/aromatic N) is 1. The van der Waals surface area contributed by atoms with Crippen molar-refractivity contribution in [1.82, 2.24) is 4.98 Å². The largest absolute Gasteiger partial charge is 0.326 e. The van der Waals surface area contributed by atoms with Crippen LogP contribution < -0.4 is 5.73 Å². The summed E-state index contributed by atoms with van der Waals surface area (Å²) in [6.07, 6.45) is 0.782. The Bertz CT molecular complexity index is 534. The fraction of sp³-hybridized carbons (Fsp3) is 0.357. The van der Waals surface area contributed by atoms with Crippen molar-refractivity contribution in [3.63, 3.8) is 0 Å². The molecule has 0 aliphatic rings. The van der Waals surface area contributed by atoms with E-state index in [0.717, 1.165) is 27.7 Å². The van der Waals surface area contributed by atoms with Gasteiger partial charge in [-0.1, -0.05) is 43.6 Å². The van der Waals surface area contributed by atoms with E-state index in [-0.39, 0.29) is 0 Å². The maximum atomic E-state index is 6.17. The Morgan fingerprint density at radius 1 is 1.33 bits per heavy atom. The van der Waals surface area contributed by atoms with Gasteiger partial charge < -0.3 is 5.73 Å². The van der Waals surface area contributed by atoms with Gasteiger partial charge in [-0.05, 0) is 17.5 Å². The molecule has 0 radical (unpaired) electrons. The van der Waals surface area contributed by atoms with E-state index in [1.165, 1.54) is 4.88 Å². The molecule has 0 bridgehead atoms. The van der Waals surface area contributed by atoms with Crippen LogP contribution in [0.4, 0.5) is 0 Å². The summed E-state index contributed by atoms with van der Waals surface area (Å²) in [5, 5.41) is 1.89. The van der Waals surface area contributed by atoms with Crippen LogP contribution in [0.2, 0.25) is 5.02 Å². The van der Waals surface area contributed by atoms with Crippen LogP contribution >= 0.6 is 22.9 Å². The third kappa shape index (κ3) is 2.91. The van der Waals surface area contributed by atoms with Gasteiger partial charge in [-0.2, -0.15) is 0 Å². The second kappa shape index (κ2) is 5.83. The molecule has 2 rings (SSSR count). The van der Waals surface area contributed by atoms with Crippen LogP contribution in [0.25, 0.3) is 0 Å². The first-order valence-corrected chi connectivity index (χ1v) is 7.23. The van der Waals surface area contributed by atoms with E-state index >= 15 is 0 Å². The number of hydrogen-bond donors (Lipinski definition) is 1. The van der Waals surface area contributed by atoms with E-state index in [4.69, 9.17) is 22.3 Å². The second-order valence-electron chi connectivity index (χ2n) is 4.54. The summed E-state index contributed by atoms with van der Waals surface area (Å²) in [6.45, 7) is 4.86. The lowest BCUT2D eigenvalue weighted by Gasteiger charge is -2.02. The summed E-state index contributed by atoms with van der Waals surface area (Å²) in [7, 11) is 0. The van der Waals surface area contributed by atoms with E-state index < -0.39 is 0 Å². The molecule has 2 nitrogen and oxygen atoms in total. The molecule has 4 heteroatoms. The monoisotopic (exact) mass is 280 g/mol. The van der Waals surface area contributed by atoms with Crippen LogP contribution in [-0.4, -0.2) is 4.98 Å². The van der Waals surface area contributed by atoms with Crippen molar-refractivity contribution < 1.29 is 0 Å². The topological polar surface area (TPSA) is 38.9 Å². The maximum Gasteiger partial charge on any atom is 0.0976 e. The fourth-order valence-corrected chi connectivity index (χ4v) is 3.22. The molecule has 1 aromatic carbocycles. The van der Waals surface area contributed by atoms with Gasteiger partial charge in [0.1, 0.15) is 0 Å². The number of rotatable bonds is 4. The van der Waals surface area contributed by atoms with Gasteiger partial charge in [0.15, 0.2) is 0 Å². The van der Waals surface area contributed by atoms with E-state index in [0.29, 0.717) is 12.5 Å². The lowest BCUT2D eigenvalue weighted by atomic mass is 10.1. The molecule has 0 atom stereocenters. The highest BCUT2D eigenvalue weighted by molar-refractivity contribution is 7.11. The van der Waals surface area contributed by atoms with Gasteiger partial charge in [0.05, 0.1) is 10.7 Å². The minimum absolute atomic E-state index is 0.416. The molecule has 2 N–H and O–H groups in total. The summed E-state index contributed by atoms with van der Waals surface area (Å²) >= 11 is 7.87. The number of thiazole rings is 1. The molecule has 18 heavy (non-hydrogen) atoms. The van der Waals surface area contributed by atoms with Gasteiger partial charge in [-0.3, -0.25) is 0 Å². The zero-order chi connectivity index (χ0) is 13.1. The zero-order valence-electron chi connectivity index (χ0n) is 10.6. The Morgan fingerprint density at radius 3 is 2.61 bits per heavy atom. The first-order valence-electron chi connectivity index (χ1n) is 6.03. The van der Waals surface area contributed by atoms with Crippen molar-refractivity contribution in [2.24, 2.45) is 5.73 Å². The summed E-state index contributed by atoms with van der Waals surface area (Å²) in [6, 6.07) is 7.90. The molecule has 0 saturated carbocycles. The van der Waals surface area contributed by atoms with Crippen molar-refractivity contribution in [3.8, 4) is 0 Å². The fourth-order valence-electron chi connectivity index (χ4n) is 1.89. The highest BCUT2D eigenvalue weighted by atomic mass is 35.5. The molecule has 0 spiro atoms. The summed E-state index contributed by atoms with van der Waals surface area (Å²) in [4.78, 5) is 5.88. The number of halogens is 1. The average molecular weight is 281 g/mol. The lowest BCUT2D eigenvalue weighted by molar-refractivity contribution is 0.806. The van der Waals surface area contributed by atoms with Crippen molar-refractivity contribution in [2.45, 2.75) is 32.7 Å². The zero-order valence-corrected chi connectivity index (χ0v) is 12.2. The summed E-state index contributed by atoms with van der Waals surface area (Å²) < 4.78 is 0. The number of aromatic nitrogens is 1. The standard InChI is InChI=1S/C14H17ClN2S/c1-9(2)14-12(8-16)18-13(17-14)7-10-5-3-4-6-11(10)15/h3-6,9H,7-8,16H2,1-2H3. The first kappa shape index (κ1) is 13.5. The van der Waals surface area contributed by atoms with Crippen LogP contribution in [0.5, 0.6) is 0 Å². The van der Waals surface area contributed by atoms with Crippen LogP contribution in [0.15, 0.2) is 24.3 Å². The Hall–Kier alpha value is -0.900. The molecule has 0 fully saturated rings. The van der Waals surface area contributed by atoms with E-state index in [9.17, 15) is 0 Å². The molecule has 0 saturated heterocycles. The van der Waals surface area contributed by atoms with E-state index in [1.807, 2.05) is 24.3 Å². The SMILES string of the molecule is CC(C)c1nc(Cc2ccccc2Cl)sc1CN. The Morgan fingerprint density at radius 2 is 2.06 bits per heavy atom. The third-order valence-electron chi connectivity index (χ3n) is 2.80. The minimum Gasteiger partial charge on any atom is -0.326 e. The van der Waals surface area contributed by atoms with Gasteiger partial charge in [0.25, 0.3) is 0 Å².